The third kappa shape index (κ3) is 9.41. The molecule has 0 aliphatic rings. The van der Waals surface area contributed by atoms with Crippen molar-refractivity contribution in [3.63, 3.8) is 0 Å². The Morgan fingerprint density at radius 1 is 0.683 bits per heavy atom. The minimum Gasteiger partial charge on any atom is -0.507 e. The lowest BCUT2D eigenvalue weighted by atomic mass is 10.1. The van der Waals surface area contributed by atoms with Crippen molar-refractivity contribution in [3.05, 3.63) is 54.6 Å². The number of aromatic amines is 1. The number of hydrogen-bond donors (Lipinski definition) is 2. The monoisotopic (exact) mass is 559 g/mol. The summed E-state index contributed by atoms with van der Waals surface area (Å²) < 4.78 is 17.3. The topological polar surface area (TPSA) is 93.4 Å². The van der Waals surface area contributed by atoms with E-state index < -0.39 is 0 Å². The standard InChI is InChI=1S/C34H45N3O4/c1-3-5-7-9-11-13-21-39-27-17-15-26(16-18-27)34-25-32(37-41-34)31-24-30(35-36-31)29-20-19-28(23-33(29)38)40-22-14-12-10-8-6-4-2/h15-20,23-25,38H,3-14,21-22H2,1-2H3,(H,35,36). The molecule has 0 saturated carbocycles. The van der Waals surface area contributed by atoms with Gasteiger partial charge in [0.05, 0.1) is 24.6 Å². The lowest BCUT2D eigenvalue weighted by Gasteiger charge is -2.08. The molecule has 0 bridgehead atoms. The van der Waals surface area contributed by atoms with Crippen molar-refractivity contribution in [1.82, 2.24) is 15.4 Å². The highest BCUT2D eigenvalue weighted by Crippen LogP contribution is 2.34. The van der Waals surface area contributed by atoms with Crippen LogP contribution in [0.15, 0.2) is 59.1 Å². The number of unbranched alkanes of at least 4 members (excludes halogenated alkanes) is 10. The zero-order valence-electron chi connectivity index (χ0n) is 24.7. The number of phenolic OH excluding ortho intramolecular Hbond substituents is 1. The number of hydrogen-bond acceptors (Lipinski definition) is 6. The van der Waals surface area contributed by atoms with Crippen LogP contribution in [0.3, 0.4) is 0 Å². The molecule has 0 amide bonds. The maximum atomic E-state index is 10.6. The first kappa shape index (κ1) is 30.2. The molecule has 7 nitrogen and oxygen atoms in total. The number of ether oxygens (including phenoxy) is 2. The van der Waals surface area contributed by atoms with Crippen molar-refractivity contribution in [2.24, 2.45) is 0 Å². The highest BCUT2D eigenvalue weighted by Gasteiger charge is 2.15. The molecule has 0 saturated heterocycles. The second kappa shape index (κ2) is 16.5. The lowest BCUT2D eigenvalue weighted by molar-refractivity contribution is 0.303. The van der Waals surface area contributed by atoms with Crippen molar-refractivity contribution < 1.29 is 19.1 Å². The number of benzene rings is 2. The van der Waals surface area contributed by atoms with Crippen LogP contribution in [0.25, 0.3) is 34.0 Å². The minimum absolute atomic E-state index is 0.128. The van der Waals surface area contributed by atoms with Crippen molar-refractivity contribution >= 4 is 0 Å². The van der Waals surface area contributed by atoms with Crippen LogP contribution in [0.2, 0.25) is 0 Å². The summed E-state index contributed by atoms with van der Waals surface area (Å²) in [6, 6.07) is 17.0. The van der Waals surface area contributed by atoms with Gasteiger partial charge in [0.1, 0.15) is 22.9 Å². The van der Waals surface area contributed by atoms with Gasteiger partial charge in [-0.15, -0.1) is 0 Å². The van der Waals surface area contributed by atoms with Crippen LogP contribution in [-0.4, -0.2) is 33.7 Å². The van der Waals surface area contributed by atoms with E-state index >= 15 is 0 Å². The van der Waals surface area contributed by atoms with Gasteiger partial charge in [-0.05, 0) is 55.3 Å². The quantitative estimate of drug-likeness (QED) is 0.111. The van der Waals surface area contributed by atoms with Gasteiger partial charge in [0.2, 0.25) is 0 Å². The first-order valence-electron chi connectivity index (χ1n) is 15.4. The molecule has 0 atom stereocenters. The van der Waals surface area contributed by atoms with E-state index in [2.05, 4.69) is 29.2 Å². The van der Waals surface area contributed by atoms with E-state index in [1.54, 1.807) is 6.07 Å². The molecule has 2 heterocycles. The van der Waals surface area contributed by atoms with Gasteiger partial charge in [0, 0.05) is 23.3 Å². The first-order chi connectivity index (χ1) is 20.2. The van der Waals surface area contributed by atoms with Crippen LogP contribution in [0.4, 0.5) is 0 Å². The Morgan fingerprint density at radius 2 is 1.29 bits per heavy atom. The van der Waals surface area contributed by atoms with E-state index in [0.717, 1.165) is 30.8 Å². The van der Waals surface area contributed by atoms with Crippen LogP contribution in [-0.2, 0) is 0 Å². The molecule has 2 aromatic carbocycles. The van der Waals surface area contributed by atoms with Gasteiger partial charge in [0.25, 0.3) is 0 Å². The summed E-state index contributed by atoms with van der Waals surface area (Å²) in [5.41, 5.74) is 3.51. The molecular weight excluding hydrogens is 514 g/mol. The second-order valence-electron chi connectivity index (χ2n) is 10.7. The van der Waals surface area contributed by atoms with Crippen LogP contribution < -0.4 is 9.47 Å². The van der Waals surface area contributed by atoms with E-state index in [0.29, 0.717) is 40.8 Å². The molecule has 4 aromatic rings. The number of phenols is 1. The molecule has 0 radical (unpaired) electrons. The molecular formula is C34H45N3O4. The average Bonchev–Trinajstić information content (AvgIpc) is 3.67. The second-order valence-corrected chi connectivity index (χ2v) is 10.7. The number of nitrogens with zero attached hydrogens (tertiary/aromatic N) is 2. The molecule has 220 valence electrons. The third-order valence-electron chi connectivity index (χ3n) is 7.28. The van der Waals surface area contributed by atoms with E-state index in [1.807, 2.05) is 48.5 Å². The molecule has 0 spiro atoms. The molecule has 7 heteroatoms. The van der Waals surface area contributed by atoms with E-state index in [-0.39, 0.29) is 5.75 Å². The first-order valence-corrected chi connectivity index (χ1v) is 15.4. The number of nitrogens with one attached hydrogen (secondary N) is 1. The van der Waals surface area contributed by atoms with Crippen molar-refractivity contribution in [3.8, 4) is 51.2 Å². The van der Waals surface area contributed by atoms with E-state index in [1.165, 1.54) is 64.2 Å². The Balaban J connectivity index is 1.27. The third-order valence-corrected chi connectivity index (χ3v) is 7.28. The highest BCUT2D eigenvalue weighted by molar-refractivity contribution is 5.73. The molecule has 0 aliphatic heterocycles. The Kier molecular flexibility index (Phi) is 12.2. The average molecular weight is 560 g/mol. The highest BCUT2D eigenvalue weighted by atomic mass is 16.5. The largest absolute Gasteiger partial charge is 0.507 e. The molecule has 2 aromatic heterocycles. The minimum atomic E-state index is 0.128. The molecule has 0 fully saturated rings. The summed E-state index contributed by atoms with van der Waals surface area (Å²) in [6.45, 7) is 5.85. The predicted molar refractivity (Wildman–Crippen MR) is 164 cm³/mol. The summed E-state index contributed by atoms with van der Waals surface area (Å²) in [6.07, 6.45) is 14.8. The molecule has 0 aliphatic carbocycles. The zero-order valence-corrected chi connectivity index (χ0v) is 24.7. The Morgan fingerprint density at radius 3 is 1.95 bits per heavy atom. The van der Waals surface area contributed by atoms with Crippen LogP contribution in [0.1, 0.15) is 90.9 Å². The van der Waals surface area contributed by atoms with E-state index in [4.69, 9.17) is 14.0 Å². The van der Waals surface area contributed by atoms with Gasteiger partial charge in [-0.2, -0.15) is 5.10 Å². The molecule has 0 unspecified atom stereocenters. The predicted octanol–water partition coefficient (Wildman–Crippen LogP) is 9.58. The van der Waals surface area contributed by atoms with Crippen LogP contribution in [0, 0.1) is 0 Å². The number of aromatic nitrogens is 3. The zero-order chi connectivity index (χ0) is 28.7. The fourth-order valence-electron chi connectivity index (χ4n) is 4.81. The Hall–Kier alpha value is -3.74. The molecule has 2 N–H and O–H groups in total. The van der Waals surface area contributed by atoms with Crippen molar-refractivity contribution in [2.45, 2.75) is 90.9 Å². The number of H-pyrrole nitrogens is 1. The van der Waals surface area contributed by atoms with Gasteiger partial charge in [0.15, 0.2) is 5.76 Å². The normalized spacial score (nSPS) is 11.2. The van der Waals surface area contributed by atoms with Gasteiger partial charge in [-0.25, -0.2) is 0 Å². The summed E-state index contributed by atoms with van der Waals surface area (Å²) in [4.78, 5) is 0. The molecule has 41 heavy (non-hydrogen) atoms. The van der Waals surface area contributed by atoms with Gasteiger partial charge < -0.3 is 19.1 Å². The number of rotatable bonds is 19. The fourth-order valence-corrected chi connectivity index (χ4v) is 4.81. The Labute approximate surface area is 244 Å². The van der Waals surface area contributed by atoms with E-state index in [9.17, 15) is 5.11 Å². The number of aromatic hydroxyl groups is 1. The van der Waals surface area contributed by atoms with Gasteiger partial charge in [-0.3, -0.25) is 5.10 Å². The summed E-state index contributed by atoms with van der Waals surface area (Å²) in [7, 11) is 0. The summed E-state index contributed by atoms with van der Waals surface area (Å²) >= 11 is 0. The fraction of sp³-hybridized carbons (Fsp3) is 0.471. The van der Waals surface area contributed by atoms with Crippen LogP contribution in [0.5, 0.6) is 17.2 Å². The SMILES string of the molecule is CCCCCCCCOc1ccc(-c2cc(-c3cc(-c4ccc(OCCCCCCCC)cc4O)n[nH]3)no2)cc1. The summed E-state index contributed by atoms with van der Waals surface area (Å²) in [5, 5.41) is 22.3. The Bertz CT molecular complexity index is 1300. The van der Waals surface area contributed by atoms with Crippen molar-refractivity contribution in [1.29, 1.82) is 0 Å². The lowest BCUT2D eigenvalue weighted by Crippen LogP contribution is -1.97. The van der Waals surface area contributed by atoms with Crippen LogP contribution >= 0.6 is 0 Å². The smallest absolute Gasteiger partial charge is 0.167 e. The van der Waals surface area contributed by atoms with Crippen molar-refractivity contribution in [2.75, 3.05) is 13.2 Å². The summed E-state index contributed by atoms with van der Waals surface area (Å²) in [5.74, 6) is 2.31. The van der Waals surface area contributed by atoms with Gasteiger partial charge in [-0.1, -0.05) is 83.2 Å². The maximum absolute atomic E-state index is 10.6. The van der Waals surface area contributed by atoms with Gasteiger partial charge >= 0.3 is 0 Å². The maximum Gasteiger partial charge on any atom is 0.167 e. The molecule has 4 rings (SSSR count).